The van der Waals surface area contributed by atoms with Crippen LogP contribution < -0.4 is 21.7 Å². The fraction of sp³-hybridized carbons (Fsp3) is 0.542. The predicted molar refractivity (Wildman–Crippen MR) is 123 cm³/mol. The van der Waals surface area contributed by atoms with E-state index in [1.54, 1.807) is 0 Å². The molecule has 6 heteroatoms. The van der Waals surface area contributed by atoms with Gasteiger partial charge in [-0.3, -0.25) is 9.88 Å². The number of rotatable bonds is 2. The van der Waals surface area contributed by atoms with Crippen molar-refractivity contribution in [1.82, 2.24) is 25.8 Å². The zero-order chi connectivity index (χ0) is 20.6. The summed E-state index contributed by atoms with van der Waals surface area (Å²) in [5.74, 6) is 0. The summed E-state index contributed by atoms with van der Waals surface area (Å²) in [6, 6.07) is 11.6. The van der Waals surface area contributed by atoms with E-state index in [1.807, 2.05) is 6.20 Å². The Morgan fingerprint density at radius 1 is 0.867 bits per heavy atom. The van der Waals surface area contributed by atoms with E-state index in [2.05, 4.69) is 56.2 Å². The normalized spacial score (nSPS) is 22.0. The predicted octanol–water partition coefficient (Wildman–Crippen LogP) is 1.40. The lowest BCUT2D eigenvalue weighted by Crippen LogP contribution is -2.40. The van der Waals surface area contributed by atoms with Crippen molar-refractivity contribution in [2.75, 3.05) is 52.4 Å². The summed E-state index contributed by atoms with van der Waals surface area (Å²) in [6.07, 6.45) is 5.16. The van der Waals surface area contributed by atoms with Crippen molar-refractivity contribution in [3.8, 4) is 0 Å². The fourth-order valence-electron chi connectivity index (χ4n) is 4.70. The Bertz CT molecular complexity index is 777. The molecule has 2 aromatic rings. The van der Waals surface area contributed by atoms with Crippen molar-refractivity contribution in [2.24, 2.45) is 5.73 Å². The molecule has 5 rings (SSSR count). The highest BCUT2D eigenvalue weighted by atomic mass is 15.2. The second kappa shape index (κ2) is 11.0. The molecule has 0 amide bonds. The number of pyridine rings is 1. The van der Waals surface area contributed by atoms with Crippen molar-refractivity contribution in [1.29, 1.82) is 0 Å². The van der Waals surface area contributed by atoms with Crippen molar-refractivity contribution >= 4 is 0 Å². The minimum atomic E-state index is 0.206. The van der Waals surface area contributed by atoms with E-state index >= 15 is 0 Å². The summed E-state index contributed by atoms with van der Waals surface area (Å²) in [4.78, 5) is 7.32. The summed E-state index contributed by atoms with van der Waals surface area (Å²) in [5, 5.41) is 10.7. The van der Waals surface area contributed by atoms with Crippen LogP contribution in [0.15, 0.2) is 36.5 Å². The lowest BCUT2D eigenvalue weighted by atomic mass is 9.85. The molecule has 0 spiro atoms. The molecule has 162 valence electrons. The van der Waals surface area contributed by atoms with Gasteiger partial charge in [-0.2, -0.15) is 0 Å². The van der Waals surface area contributed by atoms with Gasteiger partial charge in [-0.25, -0.2) is 0 Å². The fourth-order valence-corrected chi connectivity index (χ4v) is 4.70. The Morgan fingerprint density at radius 3 is 2.37 bits per heavy atom. The number of hydrogen-bond acceptors (Lipinski definition) is 6. The van der Waals surface area contributed by atoms with Crippen LogP contribution >= 0.6 is 0 Å². The third-order valence-corrected chi connectivity index (χ3v) is 6.25. The Labute approximate surface area is 180 Å². The van der Waals surface area contributed by atoms with Crippen LogP contribution in [0.5, 0.6) is 0 Å². The molecule has 0 saturated carbocycles. The molecule has 1 aliphatic heterocycles. The number of fused-ring (bicyclic) bond motifs is 2. The van der Waals surface area contributed by atoms with E-state index in [0.717, 1.165) is 77.3 Å². The van der Waals surface area contributed by atoms with E-state index in [9.17, 15) is 0 Å². The Hall–Kier alpha value is -1.83. The van der Waals surface area contributed by atoms with Gasteiger partial charge in [-0.05, 0) is 61.7 Å². The summed E-state index contributed by atoms with van der Waals surface area (Å²) in [7, 11) is 0. The van der Waals surface area contributed by atoms with E-state index in [1.165, 1.54) is 22.3 Å². The van der Waals surface area contributed by atoms with Crippen molar-refractivity contribution < 1.29 is 0 Å². The van der Waals surface area contributed by atoms with Crippen molar-refractivity contribution in [3.63, 3.8) is 0 Å². The van der Waals surface area contributed by atoms with Crippen molar-refractivity contribution in [2.45, 2.75) is 31.8 Å². The average molecular weight is 409 g/mol. The maximum absolute atomic E-state index is 6.16. The third-order valence-electron chi connectivity index (χ3n) is 6.25. The van der Waals surface area contributed by atoms with Gasteiger partial charge in [-0.1, -0.05) is 24.3 Å². The molecule has 2 heterocycles. The number of nitrogens with two attached hydrogens (primary N) is 1. The molecule has 2 bridgehead atoms. The van der Waals surface area contributed by atoms with E-state index in [-0.39, 0.29) is 6.04 Å². The van der Waals surface area contributed by atoms with Gasteiger partial charge in [0.05, 0.1) is 11.7 Å². The minimum absolute atomic E-state index is 0.206. The van der Waals surface area contributed by atoms with Crippen LogP contribution in [-0.2, 0) is 13.0 Å². The third kappa shape index (κ3) is 5.25. The highest BCUT2D eigenvalue weighted by molar-refractivity contribution is 5.45. The zero-order valence-corrected chi connectivity index (χ0v) is 18.0. The number of nitrogens with zero attached hydrogens (tertiary/aromatic N) is 2. The van der Waals surface area contributed by atoms with Crippen LogP contribution in [0.4, 0.5) is 0 Å². The lowest BCUT2D eigenvalue weighted by molar-refractivity contribution is 0.219. The van der Waals surface area contributed by atoms with Crippen LogP contribution in [-0.4, -0.2) is 62.2 Å². The summed E-state index contributed by atoms with van der Waals surface area (Å²) < 4.78 is 0. The molecule has 5 N–H and O–H groups in total. The average Bonchev–Trinajstić information content (AvgIpc) is 2.76. The molecule has 3 aliphatic rings. The molecule has 0 radical (unpaired) electrons. The summed E-state index contributed by atoms with van der Waals surface area (Å²) in [6.45, 7) is 8.78. The molecule has 1 atom stereocenters. The highest BCUT2D eigenvalue weighted by Gasteiger charge is 2.28. The maximum Gasteiger partial charge on any atom is 0.0623 e. The van der Waals surface area contributed by atoms with E-state index in [4.69, 9.17) is 5.73 Å². The first-order valence-corrected chi connectivity index (χ1v) is 11.5. The van der Waals surface area contributed by atoms with Crippen molar-refractivity contribution in [3.05, 3.63) is 64.5 Å². The van der Waals surface area contributed by atoms with E-state index in [0.29, 0.717) is 6.54 Å². The largest absolute Gasteiger partial charge is 0.325 e. The van der Waals surface area contributed by atoms with Gasteiger partial charge in [0.25, 0.3) is 0 Å². The Morgan fingerprint density at radius 2 is 1.60 bits per heavy atom. The molecule has 1 fully saturated rings. The van der Waals surface area contributed by atoms with Crippen LogP contribution in [0.1, 0.15) is 46.8 Å². The second-order valence-electron chi connectivity index (χ2n) is 8.35. The van der Waals surface area contributed by atoms with Gasteiger partial charge in [0.2, 0.25) is 0 Å². The molecule has 1 aromatic heterocycles. The van der Waals surface area contributed by atoms with Crippen LogP contribution in [0.25, 0.3) is 0 Å². The molecule has 2 aliphatic carbocycles. The topological polar surface area (TPSA) is 78.2 Å². The van der Waals surface area contributed by atoms with Gasteiger partial charge < -0.3 is 21.7 Å². The zero-order valence-electron chi connectivity index (χ0n) is 18.0. The second-order valence-corrected chi connectivity index (χ2v) is 8.35. The van der Waals surface area contributed by atoms with Gasteiger partial charge in [0.15, 0.2) is 0 Å². The molecular formula is C24H36N6. The number of nitrogens with one attached hydrogen (secondary N) is 3. The van der Waals surface area contributed by atoms with Gasteiger partial charge in [0, 0.05) is 51.0 Å². The quantitative estimate of drug-likeness (QED) is 0.602. The molecule has 1 saturated heterocycles. The number of aromatic nitrogens is 1. The minimum Gasteiger partial charge on any atom is -0.325 e. The van der Waals surface area contributed by atoms with Crippen LogP contribution in [0.2, 0.25) is 0 Å². The molecule has 6 nitrogen and oxygen atoms in total. The SMILES string of the molecule is NCc1nccc2c1C(N1CCCNCCNCCCNCC1)c1ccc(cc1)C2. The van der Waals surface area contributed by atoms with Gasteiger partial charge >= 0.3 is 0 Å². The monoisotopic (exact) mass is 408 g/mol. The van der Waals surface area contributed by atoms with Crippen LogP contribution in [0.3, 0.4) is 0 Å². The first-order chi connectivity index (χ1) is 14.9. The number of hydrogen-bond donors (Lipinski definition) is 4. The molecule has 30 heavy (non-hydrogen) atoms. The smallest absolute Gasteiger partial charge is 0.0623 e. The van der Waals surface area contributed by atoms with E-state index < -0.39 is 0 Å². The highest BCUT2D eigenvalue weighted by Crippen LogP contribution is 2.36. The van der Waals surface area contributed by atoms with Gasteiger partial charge in [-0.15, -0.1) is 0 Å². The first-order valence-electron chi connectivity index (χ1n) is 11.5. The Balaban J connectivity index is 1.64. The standard InChI is InChI=1S/C24H36N6/c25-18-22-23-21(7-11-29-22)17-19-3-5-20(6-4-19)24(23)30-15-2-10-27-13-12-26-8-1-9-28-14-16-30/h3-7,11,24,26-28H,1-2,8-10,12-18,25H2. The molecular weight excluding hydrogens is 372 g/mol. The van der Waals surface area contributed by atoms with Gasteiger partial charge in [0.1, 0.15) is 0 Å². The maximum atomic E-state index is 6.16. The molecule has 1 unspecified atom stereocenters. The Kier molecular flexibility index (Phi) is 7.83. The summed E-state index contributed by atoms with van der Waals surface area (Å²) >= 11 is 0. The lowest BCUT2D eigenvalue weighted by Gasteiger charge is -2.36. The summed E-state index contributed by atoms with van der Waals surface area (Å²) in [5.41, 5.74) is 12.6. The number of benzene rings is 1. The first kappa shape index (κ1) is 21.4. The van der Waals surface area contributed by atoms with Crippen LogP contribution in [0, 0.1) is 0 Å². The molecule has 1 aromatic carbocycles.